The molecule has 0 aliphatic carbocycles. The van der Waals surface area contributed by atoms with Crippen molar-refractivity contribution in [1.82, 2.24) is 4.90 Å². The molecule has 0 unspecified atom stereocenters. The molecule has 1 aliphatic heterocycles. The molecule has 7 heteroatoms. The number of amides is 1. The molecule has 0 bridgehead atoms. The van der Waals surface area contributed by atoms with Crippen LogP contribution in [0.4, 0.5) is 0 Å². The fraction of sp³-hybridized carbons (Fsp3) is 0.316. The Morgan fingerprint density at radius 2 is 1.88 bits per heavy atom. The van der Waals surface area contributed by atoms with Gasteiger partial charge in [0.1, 0.15) is 0 Å². The van der Waals surface area contributed by atoms with Gasteiger partial charge >= 0.3 is 0 Å². The molecule has 0 spiro atoms. The number of hydrogen-bond donors (Lipinski definition) is 1. The van der Waals surface area contributed by atoms with Crippen molar-refractivity contribution in [2.45, 2.75) is 29.5 Å². The number of likely N-dealkylation sites (tertiary alicyclic amines) is 1. The number of benzene rings is 2. The Balaban J connectivity index is 0.00000243. The molecule has 1 heterocycles. The maximum Gasteiger partial charge on any atom is 0.253 e. The molecule has 1 aliphatic rings. The minimum atomic E-state index is 0. The van der Waals surface area contributed by atoms with Crippen LogP contribution in [0.2, 0.25) is 10.0 Å². The van der Waals surface area contributed by atoms with Crippen LogP contribution in [0.3, 0.4) is 0 Å². The monoisotopic (exact) mass is 430 g/mol. The van der Waals surface area contributed by atoms with E-state index in [1.165, 1.54) is 0 Å². The lowest BCUT2D eigenvalue weighted by molar-refractivity contribution is 0.0714. The highest BCUT2D eigenvalue weighted by atomic mass is 35.5. The van der Waals surface area contributed by atoms with Crippen LogP contribution in [-0.2, 0) is 5.75 Å². The number of halogens is 3. The summed E-state index contributed by atoms with van der Waals surface area (Å²) in [5, 5.41) is 1.35. The Morgan fingerprint density at radius 3 is 2.62 bits per heavy atom. The summed E-state index contributed by atoms with van der Waals surface area (Å²) in [5.41, 5.74) is 7.73. The molecule has 140 valence electrons. The third-order valence-electron chi connectivity index (χ3n) is 4.29. The Morgan fingerprint density at radius 1 is 1.15 bits per heavy atom. The van der Waals surface area contributed by atoms with Gasteiger partial charge in [-0.1, -0.05) is 35.3 Å². The molecule has 1 saturated heterocycles. The van der Waals surface area contributed by atoms with Crippen molar-refractivity contribution in [3.63, 3.8) is 0 Å². The summed E-state index contributed by atoms with van der Waals surface area (Å²) in [5.74, 6) is 0.811. The van der Waals surface area contributed by atoms with Gasteiger partial charge in [0.15, 0.2) is 0 Å². The second kappa shape index (κ2) is 9.86. The highest BCUT2D eigenvalue weighted by Gasteiger charge is 2.21. The highest BCUT2D eigenvalue weighted by molar-refractivity contribution is 7.98. The zero-order chi connectivity index (χ0) is 17.8. The number of nitrogens with zero attached hydrogens (tertiary/aromatic N) is 1. The topological polar surface area (TPSA) is 46.3 Å². The van der Waals surface area contributed by atoms with Crippen molar-refractivity contribution in [2.75, 3.05) is 13.1 Å². The van der Waals surface area contributed by atoms with Gasteiger partial charge in [-0.05, 0) is 48.7 Å². The number of carbonyl (C=O) groups excluding carboxylic acids is 1. The molecule has 3 rings (SSSR count). The number of hydrogen-bond acceptors (Lipinski definition) is 3. The van der Waals surface area contributed by atoms with E-state index in [1.807, 2.05) is 35.2 Å². The number of piperidine rings is 1. The summed E-state index contributed by atoms with van der Waals surface area (Å²) in [6.07, 6.45) is 1.74. The summed E-state index contributed by atoms with van der Waals surface area (Å²) in [4.78, 5) is 15.5. The quantitative estimate of drug-likeness (QED) is 0.671. The minimum absolute atomic E-state index is 0. The molecule has 3 nitrogen and oxygen atoms in total. The summed E-state index contributed by atoms with van der Waals surface area (Å²) in [6, 6.07) is 13.4. The maximum absolute atomic E-state index is 12.7. The van der Waals surface area contributed by atoms with E-state index in [1.54, 1.807) is 23.9 Å². The minimum Gasteiger partial charge on any atom is -0.339 e. The van der Waals surface area contributed by atoms with Crippen LogP contribution in [0.1, 0.15) is 28.8 Å². The molecule has 2 N–H and O–H groups in total. The fourth-order valence-corrected chi connectivity index (χ4v) is 4.26. The Bertz CT molecular complexity index is 764. The van der Waals surface area contributed by atoms with Crippen molar-refractivity contribution in [1.29, 1.82) is 0 Å². The van der Waals surface area contributed by atoms with Crippen LogP contribution in [-0.4, -0.2) is 29.9 Å². The van der Waals surface area contributed by atoms with Gasteiger partial charge in [-0.15, -0.1) is 24.2 Å². The lowest BCUT2D eigenvalue weighted by Gasteiger charge is -2.30. The third-order valence-corrected chi connectivity index (χ3v) is 6.09. The van der Waals surface area contributed by atoms with E-state index < -0.39 is 0 Å². The smallest absolute Gasteiger partial charge is 0.253 e. The second-order valence-electron chi connectivity index (χ2n) is 6.19. The molecule has 1 amide bonds. The lowest BCUT2D eigenvalue weighted by Crippen LogP contribution is -2.42. The maximum atomic E-state index is 12.7. The standard InChI is InChI=1S/C19H20Cl2N2OS.ClH/c20-15-4-5-17(21)18(11-15)25-12-13-2-1-3-14(10-13)19(24)23-8-6-16(22)7-9-23;/h1-5,10-11,16H,6-9,12,22H2;1H. The van der Waals surface area contributed by atoms with Crippen LogP contribution in [0.15, 0.2) is 47.4 Å². The Labute approximate surface area is 174 Å². The van der Waals surface area contributed by atoms with Crippen LogP contribution in [0, 0.1) is 0 Å². The number of rotatable bonds is 4. The fourth-order valence-electron chi connectivity index (χ4n) is 2.83. The molecular weight excluding hydrogens is 411 g/mol. The zero-order valence-electron chi connectivity index (χ0n) is 14.2. The van der Waals surface area contributed by atoms with Crippen LogP contribution in [0.5, 0.6) is 0 Å². The van der Waals surface area contributed by atoms with Gasteiger partial charge in [0, 0.05) is 40.4 Å². The summed E-state index contributed by atoms with van der Waals surface area (Å²) >= 11 is 13.9. The first-order chi connectivity index (χ1) is 12.0. The number of carbonyl (C=O) groups is 1. The second-order valence-corrected chi connectivity index (χ2v) is 8.05. The Hall–Kier alpha value is -0.910. The average molecular weight is 432 g/mol. The molecule has 0 aromatic heterocycles. The predicted molar refractivity (Wildman–Crippen MR) is 113 cm³/mol. The number of thioether (sulfide) groups is 1. The van der Waals surface area contributed by atoms with Crippen LogP contribution >= 0.6 is 47.4 Å². The van der Waals surface area contributed by atoms with Crippen molar-refractivity contribution < 1.29 is 4.79 Å². The molecule has 2 aromatic rings. The van der Waals surface area contributed by atoms with Gasteiger partial charge in [-0.3, -0.25) is 4.79 Å². The van der Waals surface area contributed by atoms with Crippen molar-refractivity contribution in [2.24, 2.45) is 5.73 Å². The van der Waals surface area contributed by atoms with E-state index in [-0.39, 0.29) is 24.4 Å². The van der Waals surface area contributed by atoms with Crippen LogP contribution < -0.4 is 5.73 Å². The van der Waals surface area contributed by atoms with E-state index in [0.29, 0.717) is 10.0 Å². The molecule has 1 fully saturated rings. The summed E-state index contributed by atoms with van der Waals surface area (Å²) < 4.78 is 0. The van der Waals surface area contributed by atoms with Crippen molar-refractivity contribution >= 4 is 53.3 Å². The molecule has 2 aromatic carbocycles. The first-order valence-electron chi connectivity index (χ1n) is 8.24. The first-order valence-corrected chi connectivity index (χ1v) is 9.99. The molecule has 0 atom stereocenters. The molecule has 0 radical (unpaired) electrons. The van der Waals surface area contributed by atoms with E-state index in [2.05, 4.69) is 0 Å². The molecule has 0 saturated carbocycles. The van der Waals surface area contributed by atoms with Crippen molar-refractivity contribution in [3.05, 3.63) is 63.6 Å². The van der Waals surface area contributed by atoms with Gasteiger partial charge in [0.2, 0.25) is 0 Å². The molecule has 26 heavy (non-hydrogen) atoms. The highest BCUT2D eigenvalue weighted by Crippen LogP contribution is 2.32. The van der Waals surface area contributed by atoms with E-state index >= 15 is 0 Å². The van der Waals surface area contributed by atoms with Gasteiger partial charge in [-0.25, -0.2) is 0 Å². The van der Waals surface area contributed by atoms with Crippen molar-refractivity contribution in [3.8, 4) is 0 Å². The average Bonchev–Trinajstić information content (AvgIpc) is 2.63. The largest absolute Gasteiger partial charge is 0.339 e. The SMILES string of the molecule is Cl.NC1CCN(C(=O)c2cccc(CSc3cc(Cl)ccc3Cl)c2)CC1. The van der Waals surface area contributed by atoms with E-state index in [0.717, 1.165) is 47.7 Å². The van der Waals surface area contributed by atoms with Gasteiger partial charge in [-0.2, -0.15) is 0 Å². The van der Waals surface area contributed by atoms with Crippen LogP contribution in [0.25, 0.3) is 0 Å². The number of nitrogens with two attached hydrogens (primary N) is 1. The lowest BCUT2D eigenvalue weighted by atomic mass is 10.0. The predicted octanol–water partition coefficient (Wildman–Crippen LogP) is 5.27. The summed E-state index contributed by atoms with van der Waals surface area (Å²) in [6.45, 7) is 1.47. The Kier molecular flexibility index (Phi) is 8.11. The van der Waals surface area contributed by atoms with Gasteiger partial charge in [0.05, 0.1) is 5.02 Å². The summed E-state index contributed by atoms with van der Waals surface area (Å²) in [7, 11) is 0. The molecular formula is C19H21Cl3N2OS. The third kappa shape index (κ3) is 5.54. The first kappa shape index (κ1) is 21.4. The van der Waals surface area contributed by atoms with E-state index in [4.69, 9.17) is 28.9 Å². The van der Waals surface area contributed by atoms with Gasteiger partial charge < -0.3 is 10.6 Å². The zero-order valence-corrected chi connectivity index (χ0v) is 17.3. The van der Waals surface area contributed by atoms with Gasteiger partial charge in [0.25, 0.3) is 5.91 Å². The normalized spacial score (nSPS) is 14.8. The van der Waals surface area contributed by atoms with E-state index in [9.17, 15) is 4.79 Å².